The zero-order chi connectivity index (χ0) is 33.5. The first-order chi connectivity index (χ1) is 23.3. The second-order valence-corrected chi connectivity index (χ2v) is 13.6. The SMILES string of the molecule is CCCc1cc(C(=O)NOCc2ccccc2)ccc1OC(C(=O)NS(=O)(=O)C=Cc1cc2ccccc2s1)c1ccc2c(c1)OCO2. The van der Waals surface area contributed by atoms with Gasteiger partial charge in [-0.25, -0.2) is 18.6 Å². The van der Waals surface area contributed by atoms with Crippen molar-refractivity contribution < 1.29 is 37.1 Å². The summed E-state index contributed by atoms with van der Waals surface area (Å²) in [6.07, 6.45) is 1.29. The molecule has 0 bridgehead atoms. The zero-order valence-corrected chi connectivity index (χ0v) is 27.5. The van der Waals surface area contributed by atoms with E-state index in [-0.39, 0.29) is 13.4 Å². The molecule has 6 rings (SSSR count). The molecule has 48 heavy (non-hydrogen) atoms. The second-order valence-electron chi connectivity index (χ2n) is 10.9. The molecule has 2 heterocycles. The van der Waals surface area contributed by atoms with Gasteiger partial charge >= 0.3 is 0 Å². The van der Waals surface area contributed by atoms with Crippen molar-refractivity contribution in [2.45, 2.75) is 32.5 Å². The molecule has 0 saturated heterocycles. The average Bonchev–Trinajstić information content (AvgIpc) is 3.74. The Morgan fingerprint density at radius 1 is 0.938 bits per heavy atom. The van der Waals surface area contributed by atoms with Crippen LogP contribution in [-0.4, -0.2) is 27.0 Å². The van der Waals surface area contributed by atoms with Crippen LogP contribution in [0.15, 0.2) is 102 Å². The fourth-order valence-electron chi connectivity index (χ4n) is 5.06. The highest BCUT2D eigenvalue weighted by Crippen LogP contribution is 2.36. The van der Waals surface area contributed by atoms with Gasteiger partial charge in [-0.2, -0.15) is 0 Å². The van der Waals surface area contributed by atoms with E-state index >= 15 is 0 Å². The molecule has 1 aliphatic heterocycles. The summed E-state index contributed by atoms with van der Waals surface area (Å²) >= 11 is 1.43. The van der Waals surface area contributed by atoms with Crippen molar-refractivity contribution in [2.75, 3.05) is 6.79 Å². The Balaban J connectivity index is 1.22. The van der Waals surface area contributed by atoms with Gasteiger partial charge in [-0.1, -0.05) is 67.9 Å². The van der Waals surface area contributed by atoms with Crippen molar-refractivity contribution in [1.82, 2.24) is 10.2 Å². The number of hydroxylamine groups is 1. The molecule has 2 N–H and O–H groups in total. The van der Waals surface area contributed by atoms with Gasteiger partial charge in [0.15, 0.2) is 11.5 Å². The van der Waals surface area contributed by atoms with Crippen LogP contribution in [0.2, 0.25) is 0 Å². The third-order valence-electron chi connectivity index (χ3n) is 7.37. The van der Waals surface area contributed by atoms with E-state index in [1.165, 1.54) is 17.4 Å². The van der Waals surface area contributed by atoms with Crippen LogP contribution in [0.3, 0.4) is 0 Å². The molecular weight excluding hydrogens is 653 g/mol. The quantitative estimate of drug-likeness (QED) is 0.132. The number of hydrogen-bond acceptors (Lipinski definition) is 9. The Hall–Kier alpha value is -5.17. The van der Waals surface area contributed by atoms with Crippen molar-refractivity contribution in [2.24, 2.45) is 0 Å². The number of carbonyl (C=O) groups is 2. The van der Waals surface area contributed by atoms with E-state index in [9.17, 15) is 18.0 Å². The first kappa shape index (κ1) is 32.8. The van der Waals surface area contributed by atoms with E-state index in [0.717, 1.165) is 25.9 Å². The van der Waals surface area contributed by atoms with E-state index in [2.05, 4.69) is 10.2 Å². The van der Waals surface area contributed by atoms with Crippen molar-refractivity contribution in [3.8, 4) is 17.2 Å². The summed E-state index contributed by atoms with van der Waals surface area (Å²) in [7, 11) is -4.22. The lowest BCUT2D eigenvalue weighted by Crippen LogP contribution is -2.36. The highest BCUT2D eigenvalue weighted by Gasteiger charge is 2.29. The van der Waals surface area contributed by atoms with Gasteiger partial charge in [0.05, 0.1) is 12.0 Å². The fraction of sp³-hybridized carbons (Fsp3) is 0.167. The lowest BCUT2D eigenvalue weighted by molar-refractivity contribution is -0.126. The Morgan fingerprint density at radius 2 is 1.73 bits per heavy atom. The maximum atomic E-state index is 13.7. The molecule has 5 aromatic rings. The Bertz CT molecular complexity index is 2040. The maximum absolute atomic E-state index is 13.7. The Kier molecular flexibility index (Phi) is 10.0. The first-order valence-corrected chi connectivity index (χ1v) is 17.5. The summed E-state index contributed by atoms with van der Waals surface area (Å²) in [5.41, 5.74) is 4.69. The van der Waals surface area contributed by atoms with E-state index in [1.54, 1.807) is 36.4 Å². The number of amides is 2. The van der Waals surface area contributed by atoms with Crippen LogP contribution in [-0.2, 0) is 32.7 Å². The molecule has 0 radical (unpaired) electrons. The van der Waals surface area contributed by atoms with Crippen LogP contribution in [0.4, 0.5) is 0 Å². The van der Waals surface area contributed by atoms with E-state index in [1.807, 2.05) is 67.6 Å². The van der Waals surface area contributed by atoms with Gasteiger partial charge in [-0.3, -0.25) is 14.4 Å². The van der Waals surface area contributed by atoms with Gasteiger partial charge in [-0.05, 0) is 71.5 Å². The fourth-order valence-corrected chi connectivity index (χ4v) is 6.90. The normalized spacial score (nSPS) is 13.0. The molecule has 246 valence electrons. The predicted molar refractivity (Wildman–Crippen MR) is 183 cm³/mol. The Morgan fingerprint density at radius 3 is 2.54 bits per heavy atom. The lowest BCUT2D eigenvalue weighted by Gasteiger charge is -2.21. The molecule has 10 nitrogen and oxygen atoms in total. The van der Waals surface area contributed by atoms with E-state index in [4.69, 9.17) is 19.0 Å². The van der Waals surface area contributed by atoms with Crippen molar-refractivity contribution >= 4 is 49.3 Å². The summed E-state index contributed by atoms with van der Waals surface area (Å²) in [4.78, 5) is 32.7. The number of benzene rings is 4. The number of carbonyl (C=O) groups excluding carboxylic acids is 2. The standard InChI is InChI=1S/C36H32N2O8S2/c1-2-8-25-19-28(35(39)37-45-22-24-9-4-3-5-10-24)14-15-30(25)46-34(27-13-16-31-32(21-27)44-23-43-31)36(40)38-48(41,42)18-17-29-20-26-11-6-7-12-33(26)47-29/h3-7,9-21,34H,2,8,22-23H2,1H3,(H,37,39)(H,38,40). The number of fused-ring (bicyclic) bond motifs is 2. The molecule has 2 amide bonds. The smallest absolute Gasteiger partial charge is 0.279 e. The minimum Gasteiger partial charge on any atom is -0.475 e. The van der Waals surface area contributed by atoms with Crippen LogP contribution in [0.5, 0.6) is 17.2 Å². The van der Waals surface area contributed by atoms with Crippen LogP contribution >= 0.6 is 11.3 Å². The number of hydrogen-bond donors (Lipinski definition) is 2. The summed E-state index contributed by atoms with van der Waals surface area (Å²) in [5, 5.41) is 1.95. The molecule has 1 atom stereocenters. The molecule has 1 aliphatic rings. The van der Waals surface area contributed by atoms with Crippen molar-refractivity contribution in [3.63, 3.8) is 0 Å². The minimum absolute atomic E-state index is 0.0205. The second kappa shape index (κ2) is 14.7. The van der Waals surface area contributed by atoms with E-state index < -0.39 is 27.9 Å². The number of thiophene rings is 1. The molecule has 0 saturated carbocycles. The highest BCUT2D eigenvalue weighted by molar-refractivity contribution is 7.93. The molecule has 0 fully saturated rings. The van der Waals surface area contributed by atoms with E-state index in [0.29, 0.717) is 46.8 Å². The summed E-state index contributed by atoms with van der Waals surface area (Å²) in [5.74, 6) is -0.148. The maximum Gasteiger partial charge on any atom is 0.279 e. The molecule has 0 spiro atoms. The lowest BCUT2D eigenvalue weighted by atomic mass is 10.0. The number of ether oxygens (including phenoxy) is 3. The zero-order valence-electron chi connectivity index (χ0n) is 25.9. The van der Waals surface area contributed by atoms with Gasteiger partial charge in [0.25, 0.3) is 21.8 Å². The third-order valence-corrected chi connectivity index (χ3v) is 9.43. The average molecular weight is 685 g/mol. The topological polar surface area (TPSA) is 129 Å². The molecule has 1 aromatic heterocycles. The molecule has 12 heteroatoms. The first-order valence-electron chi connectivity index (χ1n) is 15.2. The van der Waals surface area contributed by atoms with Gasteiger partial charge in [0.2, 0.25) is 12.9 Å². The summed E-state index contributed by atoms with van der Waals surface area (Å²) < 4.78 is 46.5. The molecule has 1 unspecified atom stereocenters. The van der Waals surface area contributed by atoms with Crippen molar-refractivity contribution in [1.29, 1.82) is 0 Å². The number of sulfonamides is 1. The van der Waals surface area contributed by atoms with Crippen LogP contribution < -0.4 is 24.4 Å². The summed E-state index contributed by atoms with van der Waals surface area (Å²) in [6.45, 7) is 2.19. The third kappa shape index (κ3) is 8.03. The predicted octanol–water partition coefficient (Wildman–Crippen LogP) is 6.68. The minimum atomic E-state index is -4.22. The van der Waals surface area contributed by atoms with Crippen molar-refractivity contribution in [3.05, 3.63) is 130 Å². The largest absolute Gasteiger partial charge is 0.475 e. The molecular formula is C36H32N2O8S2. The van der Waals surface area contributed by atoms with Gasteiger partial charge in [0, 0.05) is 20.7 Å². The van der Waals surface area contributed by atoms with Gasteiger partial charge in [0.1, 0.15) is 5.75 Å². The monoisotopic (exact) mass is 684 g/mol. The van der Waals surface area contributed by atoms with Crippen LogP contribution in [0.25, 0.3) is 16.2 Å². The van der Waals surface area contributed by atoms with Crippen LogP contribution in [0.1, 0.15) is 51.4 Å². The molecule has 0 aliphatic carbocycles. The molecule has 4 aromatic carbocycles. The van der Waals surface area contributed by atoms with Gasteiger partial charge in [-0.15, -0.1) is 11.3 Å². The van der Waals surface area contributed by atoms with Gasteiger partial charge < -0.3 is 14.2 Å². The van der Waals surface area contributed by atoms with Crippen LogP contribution in [0, 0.1) is 0 Å². The number of aryl methyl sites for hydroxylation is 1. The Labute approximate surface area is 281 Å². The summed E-state index contributed by atoms with van der Waals surface area (Å²) in [6, 6.07) is 28.6. The number of nitrogens with one attached hydrogen (secondary N) is 2. The number of rotatable bonds is 13. The highest BCUT2D eigenvalue weighted by atomic mass is 32.2.